The van der Waals surface area contributed by atoms with Gasteiger partial charge < -0.3 is 15.0 Å². The lowest BCUT2D eigenvalue weighted by molar-refractivity contribution is 0.112. The Balaban J connectivity index is 0.000000215. The lowest BCUT2D eigenvalue weighted by Crippen LogP contribution is -2.37. The lowest BCUT2D eigenvalue weighted by Gasteiger charge is -2.26. The molecule has 8 nitrogen and oxygen atoms in total. The minimum absolute atomic E-state index is 0.616. The number of aldehydes is 1. The number of aromatic nitrogens is 4. The van der Waals surface area contributed by atoms with Crippen LogP contribution in [0.3, 0.4) is 0 Å². The van der Waals surface area contributed by atoms with Gasteiger partial charge in [0.05, 0.1) is 25.1 Å². The summed E-state index contributed by atoms with van der Waals surface area (Å²) in [5, 5.41) is 11.3. The smallest absolute Gasteiger partial charge is 0.256 e. The van der Waals surface area contributed by atoms with Crippen LogP contribution in [-0.4, -0.2) is 59.2 Å². The van der Waals surface area contributed by atoms with Crippen LogP contribution in [-0.2, 0) is 4.74 Å². The molecule has 1 saturated heterocycles. The fourth-order valence-electron chi connectivity index (χ4n) is 2.64. The van der Waals surface area contributed by atoms with Gasteiger partial charge in [0.15, 0.2) is 0 Å². The van der Waals surface area contributed by atoms with Crippen LogP contribution in [0.15, 0.2) is 35.1 Å². The second-order valence-corrected chi connectivity index (χ2v) is 6.79. The minimum Gasteiger partial charge on any atom is -0.386 e. The number of carbonyl (C=O) groups excluding carboxylic acids is 1. The van der Waals surface area contributed by atoms with Crippen molar-refractivity contribution in [3.8, 4) is 0 Å². The highest BCUT2D eigenvalue weighted by atomic mass is 79.9. The van der Waals surface area contributed by atoms with E-state index < -0.39 is 0 Å². The summed E-state index contributed by atoms with van der Waals surface area (Å²) in [5.41, 5.74) is 2.68. The molecule has 1 aliphatic heterocycles. The summed E-state index contributed by atoms with van der Waals surface area (Å²) in [6.07, 6.45) is 4.56. The maximum Gasteiger partial charge on any atom is 0.256 e. The number of halogens is 1. The number of hydrogen-bond donors (Lipinski definition) is 1. The third-order valence-corrected chi connectivity index (χ3v) is 5.13. The van der Waals surface area contributed by atoms with Gasteiger partial charge in [-0.1, -0.05) is 41.9 Å². The maximum absolute atomic E-state index is 10.4. The SMILES string of the molecule is CC.CNc1cnc2nnc(N3CCOCC3)n2c1.Cc1c(Br)cccc1C=O. The molecule has 1 N–H and O–H groups in total. The molecular weight excluding hydrogens is 436 g/mol. The van der Waals surface area contributed by atoms with Crippen LogP contribution in [0.4, 0.5) is 11.6 Å². The molecule has 29 heavy (non-hydrogen) atoms. The number of ether oxygens (including phenoxy) is 1. The van der Waals surface area contributed by atoms with E-state index in [1.54, 1.807) is 12.3 Å². The van der Waals surface area contributed by atoms with Crippen LogP contribution in [0, 0.1) is 6.92 Å². The normalized spacial score (nSPS) is 13.1. The number of anilines is 2. The summed E-state index contributed by atoms with van der Waals surface area (Å²) in [7, 11) is 1.86. The van der Waals surface area contributed by atoms with Gasteiger partial charge in [-0.05, 0) is 18.6 Å². The molecule has 1 fully saturated rings. The van der Waals surface area contributed by atoms with E-state index in [0.717, 1.165) is 59.8 Å². The summed E-state index contributed by atoms with van der Waals surface area (Å²) in [5.74, 6) is 1.44. The monoisotopic (exact) mass is 462 g/mol. The molecule has 0 bridgehead atoms. The summed E-state index contributed by atoms with van der Waals surface area (Å²) < 4.78 is 8.21. The molecule has 0 unspecified atom stereocenters. The summed E-state index contributed by atoms with van der Waals surface area (Å²) in [4.78, 5) is 16.8. The average molecular weight is 463 g/mol. The van der Waals surface area contributed by atoms with Gasteiger partial charge in [-0.3, -0.25) is 9.20 Å². The zero-order chi connectivity index (χ0) is 21.2. The van der Waals surface area contributed by atoms with E-state index >= 15 is 0 Å². The highest BCUT2D eigenvalue weighted by molar-refractivity contribution is 9.10. The first-order chi connectivity index (χ1) is 14.1. The quantitative estimate of drug-likeness (QED) is 0.595. The van der Waals surface area contributed by atoms with Gasteiger partial charge in [0.1, 0.15) is 6.29 Å². The molecule has 1 aliphatic rings. The number of morpholine rings is 1. The molecule has 2 aromatic heterocycles. The lowest BCUT2D eigenvalue weighted by atomic mass is 10.1. The Hall–Kier alpha value is -2.52. The van der Waals surface area contributed by atoms with E-state index in [1.807, 2.05) is 50.5 Å². The number of fused-ring (bicyclic) bond motifs is 1. The van der Waals surface area contributed by atoms with Crippen molar-refractivity contribution in [2.45, 2.75) is 20.8 Å². The Kier molecular flexibility index (Phi) is 9.01. The van der Waals surface area contributed by atoms with E-state index in [9.17, 15) is 4.79 Å². The molecule has 0 atom stereocenters. The molecule has 0 spiro atoms. The summed E-state index contributed by atoms with van der Waals surface area (Å²) >= 11 is 3.33. The van der Waals surface area contributed by atoms with E-state index in [0.29, 0.717) is 5.78 Å². The number of benzene rings is 1. The van der Waals surface area contributed by atoms with Gasteiger partial charge in [0, 0.05) is 36.4 Å². The second-order valence-electron chi connectivity index (χ2n) is 5.93. The standard InChI is InChI=1S/C10H14N6O.C8H7BrO.C2H6/c1-11-8-6-12-9-13-14-10(16(9)7-8)15-2-4-17-5-3-15;1-6-7(5-10)3-2-4-8(6)9;1-2/h6-7,11H,2-5H2,1H3;2-5H,1H3;1-2H3. The highest BCUT2D eigenvalue weighted by Gasteiger charge is 2.17. The van der Waals surface area contributed by atoms with E-state index in [2.05, 4.69) is 41.3 Å². The van der Waals surface area contributed by atoms with Crippen molar-refractivity contribution in [3.05, 3.63) is 46.2 Å². The first kappa shape index (κ1) is 22.8. The van der Waals surface area contributed by atoms with Crippen molar-refractivity contribution >= 4 is 39.6 Å². The number of nitrogens with one attached hydrogen (secondary N) is 1. The van der Waals surface area contributed by atoms with Crippen molar-refractivity contribution in [2.24, 2.45) is 0 Å². The maximum atomic E-state index is 10.4. The molecule has 3 heterocycles. The number of carbonyl (C=O) groups is 1. The van der Waals surface area contributed by atoms with E-state index in [1.165, 1.54) is 0 Å². The topological polar surface area (TPSA) is 84.7 Å². The number of nitrogens with zero attached hydrogens (tertiary/aromatic N) is 5. The molecule has 0 radical (unpaired) electrons. The van der Waals surface area contributed by atoms with Crippen molar-refractivity contribution in [1.29, 1.82) is 0 Å². The molecule has 0 aliphatic carbocycles. The molecule has 0 saturated carbocycles. The zero-order valence-electron chi connectivity index (χ0n) is 17.2. The van der Waals surface area contributed by atoms with Crippen molar-refractivity contribution < 1.29 is 9.53 Å². The Bertz CT molecular complexity index is 924. The highest BCUT2D eigenvalue weighted by Crippen LogP contribution is 2.17. The minimum atomic E-state index is 0.616. The summed E-state index contributed by atoms with van der Waals surface area (Å²) in [6.45, 7) is 9.05. The van der Waals surface area contributed by atoms with Crippen LogP contribution in [0.25, 0.3) is 5.78 Å². The van der Waals surface area contributed by atoms with Gasteiger partial charge >= 0.3 is 0 Å². The van der Waals surface area contributed by atoms with Crippen molar-refractivity contribution in [1.82, 2.24) is 19.6 Å². The Morgan fingerprint density at radius 3 is 2.55 bits per heavy atom. The predicted molar refractivity (Wildman–Crippen MR) is 119 cm³/mol. The molecule has 156 valence electrons. The first-order valence-electron chi connectivity index (χ1n) is 9.55. The Labute approximate surface area is 179 Å². The van der Waals surface area contributed by atoms with Crippen molar-refractivity contribution in [3.63, 3.8) is 0 Å². The predicted octanol–water partition coefficient (Wildman–Crippen LogP) is 3.60. The van der Waals surface area contributed by atoms with E-state index in [-0.39, 0.29) is 0 Å². The largest absolute Gasteiger partial charge is 0.386 e. The third-order valence-electron chi connectivity index (χ3n) is 4.27. The Morgan fingerprint density at radius 2 is 1.93 bits per heavy atom. The van der Waals surface area contributed by atoms with E-state index in [4.69, 9.17) is 4.74 Å². The molecule has 4 rings (SSSR count). The van der Waals surface area contributed by atoms with Crippen LogP contribution >= 0.6 is 15.9 Å². The van der Waals surface area contributed by atoms with Crippen LogP contribution in [0.1, 0.15) is 29.8 Å². The molecule has 1 aromatic carbocycles. The number of hydrogen-bond acceptors (Lipinski definition) is 7. The van der Waals surface area contributed by atoms with Crippen LogP contribution < -0.4 is 10.2 Å². The van der Waals surface area contributed by atoms with Gasteiger partial charge in [-0.25, -0.2) is 4.98 Å². The fourth-order valence-corrected chi connectivity index (χ4v) is 3.02. The van der Waals surface area contributed by atoms with Crippen LogP contribution in [0.2, 0.25) is 0 Å². The Morgan fingerprint density at radius 1 is 1.21 bits per heavy atom. The van der Waals surface area contributed by atoms with Gasteiger partial charge in [-0.15, -0.1) is 10.2 Å². The molecular formula is C20H27BrN6O2. The summed E-state index contributed by atoms with van der Waals surface area (Å²) in [6, 6.07) is 5.57. The molecule has 9 heteroatoms. The molecule has 3 aromatic rings. The number of rotatable bonds is 3. The van der Waals surface area contributed by atoms with Gasteiger partial charge in [-0.2, -0.15) is 0 Å². The fraction of sp³-hybridized carbons (Fsp3) is 0.400. The second kappa shape index (κ2) is 11.5. The van der Waals surface area contributed by atoms with Crippen molar-refractivity contribution in [2.75, 3.05) is 43.6 Å². The average Bonchev–Trinajstić information content (AvgIpc) is 3.21. The molecule has 0 amide bonds. The third kappa shape index (κ3) is 5.74. The zero-order valence-corrected chi connectivity index (χ0v) is 18.8. The first-order valence-corrected chi connectivity index (χ1v) is 10.3. The van der Waals surface area contributed by atoms with Gasteiger partial charge in [0.2, 0.25) is 5.95 Å². The van der Waals surface area contributed by atoms with Gasteiger partial charge in [0.25, 0.3) is 5.78 Å². The van der Waals surface area contributed by atoms with Crippen LogP contribution in [0.5, 0.6) is 0 Å².